The molecule has 5 nitrogen and oxygen atoms in total. The van der Waals surface area contributed by atoms with Crippen LogP contribution in [-0.2, 0) is 4.79 Å². The zero-order valence-corrected chi connectivity index (χ0v) is 12.8. The third-order valence-corrected chi connectivity index (χ3v) is 3.33. The minimum absolute atomic E-state index is 0.133. The molecular formula is C16H23NO4. The lowest BCUT2D eigenvalue weighted by Gasteiger charge is -2.20. The number of carboxylic acids is 1. The summed E-state index contributed by atoms with van der Waals surface area (Å²) >= 11 is 0. The Morgan fingerprint density at radius 3 is 2.62 bits per heavy atom. The van der Waals surface area contributed by atoms with E-state index < -0.39 is 17.9 Å². The number of carbonyl (C=O) groups is 2. The summed E-state index contributed by atoms with van der Waals surface area (Å²) in [7, 11) is 0. The molecule has 2 N–H and O–H groups in total. The van der Waals surface area contributed by atoms with Gasteiger partial charge in [0.15, 0.2) is 0 Å². The van der Waals surface area contributed by atoms with Crippen LogP contribution in [0.4, 0.5) is 0 Å². The number of carboxylic acid groups (broad SMARTS) is 1. The molecule has 0 radical (unpaired) electrons. The summed E-state index contributed by atoms with van der Waals surface area (Å²) < 4.78 is 5.47. The van der Waals surface area contributed by atoms with Crippen molar-refractivity contribution in [3.05, 3.63) is 29.8 Å². The maximum Gasteiger partial charge on any atom is 0.326 e. The first-order valence-electron chi connectivity index (χ1n) is 7.26. The topological polar surface area (TPSA) is 75.6 Å². The summed E-state index contributed by atoms with van der Waals surface area (Å²) in [6.07, 6.45) is 1.56. The molecule has 0 aliphatic rings. The fourth-order valence-corrected chi connectivity index (χ4v) is 1.85. The van der Waals surface area contributed by atoms with Crippen molar-refractivity contribution in [2.75, 3.05) is 6.61 Å². The highest BCUT2D eigenvalue weighted by atomic mass is 16.5. The van der Waals surface area contributed by atoms with Gasteiger partial charge in [-0.05, 0) is 30.5 Å². The van der Waals surface area contributed by atoms with E-state index >= 15 is 0 Å². The average molecular weight is 293 g/mol. The number of ether oxygens (including phenoxy) is 1. The summed E-state index contributed by atoms with van der Waals surface area (Å²) in [6.45, 7) is 6.28. The van der Waals surface area contributed by atoms with Gasteiger partial charge in [-0.1, -0.05) is 33.3 Å². The normalized spacial score (nSPS) is 13.3. The van der Waals surface area contributed by atoms with Gasteiger partial charge in [0.1, 0.15) is 11.8 Å². The first-order valence-corrected chi connectivity index (χ1v) is 7.26. The molecule has 0 aliphatic carbocycles. The average Bonchev–Trinajstić information content (AvgIpc) is 2.49. The number of benzene rings is 1. The van der Waals surface area contributed by atoms with Crippen molar-refractivity contribution in [1.29, 1.82) is 0 Å². The van der Waals surface area contributed by atoms with Crippen LogP contribution >= 0.6 is 0 Å². The van der Waals surface area contributed by atoms with E-state index in [-0.39, 0.29) is 5.92 Å². The molecule has 0 heterocycles. The summed E-state index contributed by atoms with van der Waals surface area (Å²) in [5, 5.41) is 11.8. The van der Waals surface area contributed by atoms with Crippen molar-refractivity contribution in [3.8, 4) is 5.75 Å². The number of carbonyl (C=O) groups excluding carboxylic acids is 1. The molecule has 0 fully saturated rings. The predicted octanol–water partition coefficient (Wildman–Crippen LogP) is 2.70. The molecule has 5 heteroatoms. The van der Waals surface area contributed by atoms with Gasteiger partial charge in [-0.3, -0.25) is 4.79 Å². The fraction of sp³-hybridized carbons (Fsp3) is 0.500. The number of rotatable bonds is 8. The summed E-state index contributed by atoms with van der Waals surface area (Å²) in [5.41, 5.74) is 0.401. The molecule has 0 spiro atoms. The van der Waals surface area contributed by atoms with E-state index in [9.17, 15) is 14.7 Å². The Kier molecular flexibility index (Phi) is 6.72. The maximum atomic E-state index is 12.2. The first-order chi connectivity index (χ1) is 9.99. The smallest absolute Gasteiger partial charge is 0.326 e. The lowest BCUT2D eigenvalue weighted by Crippen LogP contribution is -2.45. The number of amides is 1. The largest absolute Gasteiger partial charge is 0.494 e. The van der Waals surface area contributed by atoms with E-state index in [2.05, 4.69) is 5.32 Å². The van der Waals surface area contributed by atoms with Crippen LogP contribution in [0.1, 0.15) is 44.0 Å². The molecule has 0 saturated heterocycles. The Morgan fingerprint density at radius 2 is 2.05 bits per heavy atom. The van der Waals surface area contributed by atoms with Crippen LogP contribution in [0.3, 0.4) is 0 Å². The maximum absolute atomic E-state index is 12.2. The second-order valence-electron chi connectivity index (χ2n) is 5.05. The van der Waals surface area contributed by atoms with Crippen LogP contribution in [-0.4, -0.2) is 29.6 Å². The molecule has 0 aliphatic heterocycles. The van der Waals surface area contributed by atoms with E-state index in [4.69, 9.17) is 4.74 Å². The van der Waals surface area contributed by atoms with E-state index in [1.807, 2.05) is 13.8 Å². The van der Waals surface area contributed by atoms with E-state index in [0.717, 1.165) is 6.42 Å². The Hall–Kier alpha value is -2.04. The van der Waals surface area contributed by atoms with Crippen molar-refractivity contribution in [2.45, 2.75) is 39.7 Å². The third kappa shape index (κ3) is 5.10. The lowest BCUT2D eigenvalue weighted by atomic mass is 9.99. The Balaban J connectivity index is 2.80. The van der Waals surface area contributed by atoms with Gasteiger partial charge >= 0.3 is 5.97 Å². The number of nitrogens with one attached hydrogen (secondary N) is 1. The number of hydrogen-bond donors (Lipinski definition) is 2. The van der Waals surface area contributed by atoms with E-state index in [1.54, 1.807) is 31.2 Å². The second kappa shape index (κ2) is 8.29. The number of hydrogen-bond acceptors (Lipinski definition) is 3. The number of aliphatic carboxylic acids is 1. The van der Waals surface area contributed by atoms with Gasteiger partial charge in [0.2, 0.25) is 0 Å². The van der Waals surface area contributed by atoms with Crippen LogP contribution in [0.25, 0.3) is 0 Å². The van der Waals surface area contributed by atoms with Gasteiger partial charge < -0.3 is 15.2 Å². The molecule has 1 unspecified atom stereocenters. The summed E-state index contributed by atoms with van der Waals surface area (Å²) in [6, 6.07) is 5.88. The molecule has 1 aromatic carbocycles. The summed E-state index contributed by atoms with van der Waals surface area (Å²) in [5.74, 6) is -0.938. The van der Waals surface area contributed by atoms with Gasteiger partial charge in [0.05, 0.1) is 6.61 Å². The molecule has 1 rings (SSSR count). The Morgan fingerprint density at radius 1 is 1.33 bits per heavy atom. The Bertz CT molecular complexity index is 487. The highest BCUT2D eigenvalue weighted by Crippen LogP contribution is 2.15. The van der Waals surface area contributed by atoms with E-state index in [1.165, 1.54) is 0 Å². The van der Waals surface area contributed by atoms with Crippen molar-refractivity contribution in [3.63, 3.8) is 0 Å². The minimum atomic E-state index is -1.02. The molecular weight excluding hydrogens is 270 g/mol. The van der Waals surface area contributed by atoms with Gasteiger partial charge in [-0.15, -0.1) is 0 Å². The quantitative estimate of drug-likeness (QED) is 0.772. The second-order valence-corrected chi connectivity index (χ2v) is 5.05. The Labute approximate surface area is 125 Å². The molecule has 0 saturated carbocycles. The summed E-state index contributed by atoms with van der Waals surface area (Å²) in [4.78, 5) is 23.4. The van der Waals surface area contributed by atoms with Gasteiger partial charge in [-0.2, -0.15) is 0 Å². The molecule has 1 aromatic rings. The molecule has 2 atom stereocenters. The molecule has 0 bridgehead atoms. The van der Waals surface area contributed by atoms with Crippen molar-refractivity contribution in [1.82, 2.24) is 5.32 Å². The third-order valence-electron chi connectivity index (χ3n) is 3.33. The highest BCUT2D eigenvalue weighted by molar-refractivity contribution is 5.96. The molecule has 0 aromatic heterocycles. The van der Waals surface area contributed by atoms with Gasteiger partial charge in [0, 0.05) is 5.56 Å². The highest BCUT2D eigenvalue weighted by Gasteiger charge is 2.25. The first kappa shape index (κ1) is 17.0. The lowest BCUT2D eigenvalue weighted by molar-refractivity contribution is -0.140. The van der Waals surface area contributed by atoms with Crippen LogP contribution in [0.15, 0.2) is 24.3 Å². The monoisotopic (exact) mass is 293 g/mol. The fourth-order valence-electron chi connectivity index (χ4n) is 1.85. The molecule has 21 heavy (non-hydrogen) atoms. The zero-order valence-electron chi connectivity index (χ0n) is 12.8. The van der Waals surface area contributed by atoms with Crippen LogP contribution in [0.5, 0.6) is 5.75 Å². The molecule has 116 valence electrons. The predicted molar refractivity (Wildman–Crippen MR) is 80.6 cm³/mol. The zero-order chi connectivity index (χ0) is 15.8. The minimum Gasteiger partial charge on any atom is -0.494 e. The van der Waals surface area contributed by atoms with Crippen LogP contribution in [0, 0.1) is 5.92 Å². The van der Waals surface area contributed by atoms with Crippen molar-refractivity contribution < 1.29 is 19.4 Å². The SMILES string of the molecule is CCCOc1cccc(C(=O)N[C@H](C(=O)O)C(C)CC)c1. The van der Waals surface area contributed by atoms with Crippen molar-refractivity contribution in [2.24, 2.45) is 5.92 Å². The van der Waals surface area contributed by atoms with Gasteiger partial charge in [0.25, 0.3) is 5.91 Å². The van der Waals surface area contributed by atoms with Crippen LogP contribution < -0.4 is 10.1 Å². The van der Waals surface area contributed by atoms with Crippen molar-refractivity contribution >= 4 is 11.9 Å². The van der Waals surface area contributed by atoms with Crippen LogP contribution in [0.2, 0.25) is 0 Å². The standard InChI is InChI=1S/C16H23NO4/c1-4-9-21-13-8-6-7-12(10-13)15(18)17-14(16(19)20)11(3)5-2/h6-8,10-11,14H,4-5,9H2,1-3H3,(H,17,18)(H,19,20)/t11?,14-/m0/s1. The van der Waals surface area contributed by atoms with Gasteiger partial charge in [-0.25, -0.2) is 4.79 Å². The van der Waals surface area contributed by atoms with E-state index in [0.29, 0.717) is 24.3 Å². The molecule has 1 amide bonds.